The minimum absolute atomic E-state index is 0.442. The van der Waals surface area contributed by atoms with E-state index in [4.69, 9.17) is 10.5 Å². The van der Waals surface area contributed by atoms with E-state index in [1.807, 2.05) is 0 Å². The van der Waals surface area contributed by atoms with Crippen LogP contribution in [0.15, 0.2) is 0 Å². The second-order valence-corrected chi connectivity index (χ2v) is 4.88. The van der Waals surface area contributed by atoms with Gasteiger partial charge in [0, 0.05) is 13.5 Å². The van der Waals surface area contributed by atoms with E-state index in [1.165, 1.54) is 0 Å². The largest absolute Gasteiger partial charge is 0.377 e. The number of aryl methyl sites for hydroxylation is 1. The summed E-state index contributed by atoms with van der Waals surface area (Å²) in [7, 11) is 1.64. The van der Waals surface area contributed by atoms with Gasteiger partial charge in [0.25, 0.3) is 0 Å². The highest BCUT2D eigenvalue weighted by Crippen LogP contribution is 2.16. The molecule has 0 unspecified atom stereocenters. The average molecular weight is 255 g/mol. The van der Waals surface area contributed by atoms with Crippen molar-refractivity contribution in [3.8, 4) is 0 Å². The minimum atomic E-state index is 0.442. The fourth-order valence-electron chi connectivity index (χ4n) is 1.61. The maximum Gasteiger partial charge on any atom is 0.234 e. The number of aromatic nitrogens is 4. The number of nitrogens with zero attached hydrogens (tertiary/aromatic N) is 4. The van der Waals surface area contributed by atoms with E-state index >= 15 is 0 Å². The Morgan fingerprint density at radius 2 is 2.18 bits per heavy atom. The molecule has 0 saturated carbocycles. The quantitative estimate of drug-likeness (QED) is 0.747. The standard InChI is InChI=1S/C10H17N5OS/c1-16-7-8-12-13-10-15(8)14-9(17-10)5-3-2-4-6-11/h2-7,11H2,1H3. The van der Waals surface area contributed by atoms with Crippen molar-refractivity contribution in [1.82, 2.24) is 19.8 Å². The lowest BCUT2D eigenvalue weighted by Gasteiger charge is -1.95. The number of hydrogen-bond acceptors (Lipinski definition) is 6. The Bertz CT molecular complexity index is 466. The molecule has 2 heterocycles. The van der Waals surface area contributed by atoms with E-state index in [2.05, 4.69) is 15.3 Å². The van der Waals surface area contributed by atoms with Crippen LogP contribution in [0, 0.1) is 0 Å². The summed E-state index contributed by atoms with van der Waals surface area (Å²) in [6.07, 6.45) is 4.35. The zero-order valence-corrected chi connectivity index (χ0v) is 10.7. The van der Waals surface area contributed by atoms with Crippen molar-refractivity contribution in [3.63, 3.8) is 0 Å². The summed E-state index contributed by atoms with van der Waals surface area (Å²) in [6, 6.07) is 0. The van der Waals surface area contributed by atoms with Gasteiger partial charge in [-0.2, -0.15) is 9.61 Å². The summed E-state index contributed by atoms with van der Waals surface area (Å²) in [5, 5.41) is 13.7. The first-order valence-electron chi connectivity index (χ1n) is 5.74. The second-order valence-electron chi connectivity index (χ2n) is 3.84. The lowest BCUT2D eigenvalue weighted by molar-refractivity contribution is 0.176. The van der Waals surface area contributed by atoms with Crippen LogP contribution in [0.1, 0.15) is 30.1 Å². The molecule has 0 fully saturated rings. The summed E-state index contributed by atoms with van der Waals surface area (Å²) in [6.45, 7) is 1.21. The van der Waals surface area contributed by atoms with E-state index in [1.54, 1.807) is 23.0 Å². The third-order valence-corrected chi connectivity index (χ3v) is 3.42. The molecule has 0 spiro atoms. The zero-order valence-electron chi connectivity index (χ0n) is 9.93. The number of methoxy groups -OCH3 is 1. The molecule has 0 radical (unpaired) electrons. The van der Waals surface area contributed by atoms with E-state index in [0.29, 0.717) is 6.61 Å². The van der Waals surface area contributed by atoms with Crippen LogP contribution in [0.3, 0.4) is 0 Å². The van der Waals surface area contributed by atoms with E-state index in [0.717, 1.165) is 48.0 Å². The summed E-state index contributed by atoms with van der Waals surface area (Å²) >= 11 is 1.59. The Labute approximate surface area is 104 Å². The van der Waals surface area contributed by atoms with Crippen LogP contribution in [-0.4, -0.2) is 33.5 Å². The van der Waals surface area contributed by atoms with Crippen LogP contribution < -0.4 is 5.73 Å². The average Bonchev–Trinajstić information content (AvgIpc) is 2.87. The van der Waals surface area contributed by atoms with Gasteiger partial charge in [-0.15, -0.1) is 10.2 Å². The van der Waals surface area contributed by atoms with Crippen molar-refractivity contribution in [2.75, 3.05) is 13.7 Å². The van der Waals surface area contributed by atoms with Gasteiger partial charge in [0.05, 0.1) is 0 Å². The second kappa shape index (κ2) is 6.04. The molecule has 6 nitrogen and oxygen atoms in total. The topological polar surface area (TPSA) is 78.3 Å². The van der Waals surface area contributed by atoms with Crippen molar-refractivity contribution < 1.29 is 4.74 Å². The normalized spacial score (nSPS) is 11.4. The smallest absolute Gasteiger partial charge is 0.234 e. The maximum absolute atomic E-state index is 5.46. The minimum Gasteiger partial charge on any atom is -0.377 e. The van der Waals surface area contributed by atoms with Crippen molar-refractivity contribution in [2.45, 2.75) is 32.3 Å². The highest BCUT2D eigenvalue weighted by atomic mass is 32.1. The third-order valence-electron chi connectivity index (χ3n) is 2.47. The molecule has 0 atom stereocenters. The van der Waals surface area contributed by atoms with Gasteiger partial charge in [-0.25, -0.2) is 0 Å². The molecule has 0 saturated heterocycles. The first-order chi connectivity index (χ1) is 8.35. The van der Waals surface area contributed by atoms with E-state index in [9.17, 15) is 0 Å². The van der Waals surface area contributed by atoms with Gasteiger partial charge >= 0.3 is 0 Å². The van der Waals surface area contributed by atoms with E-state index < -0.39 is 0 Å². The first kappa shape index (κ1) is 12.4. The Balaban J connectivity index is 1.99. The van der Waals surface area contributed by atoms with Crippen molar-refractivity contribution in [3.05, 3.63) is 10.8 Å². The molecule has 94 valence electrons. The Morgan fingerprint density at radius 3 is 2.94 bits per heavy atom. The number of rotatable bonds is 7. The third kappa shape index (κ3) is 2.99. The van der Waals surface area contributed by atoms with Gasteiger partial charge in [-0.1, -0.05) is 17.8 Å². The van der Waals surface area contributed by atoms with Gasteiger partial charge in [0.2, 0.25) is 4.96 Å². The molecule has 0 bridgehead atoms. The Kier molecular flexibility index (Phi) is 4.41. The van der Waals surface area contributed by atoms with Gasteiger partial charge in [-0.05, 0) is 19.4 Å². The number of hydrogen-bond donors (Lipinski definition) is 1. The van der Waals surface area contributed by atoms with Crippen LogP contribution in [0.25, 0.3) is 4.96 Å². The maximum atomic E-state index is 5.46. The lowest BCUT2D eigenvalue weighted by atomic mass is 10.2. The molecule has 2 aromatic heterocycles. The fourth-order valence-corrected chi connectivity index (χ4v) is 2.51. The predicted octanol–water partition coefficient (Wildman–Crippen LogP) is 1.00. The molecule has 0 aliphatic heterocycles. The molecule has 0 aromatic carbocycles. The van der Waals surface area contributed by atoms with Crippen molar-refractivity contribution in [2.24, 2.45) is 5.73 Å². The monoisotopic (exact) mass is 255 g/mol. The van der Waals surface area contributed by atoms with Gasteiger partial charge in [0.1, 0.15) is 11.6 Å². The molecule has 0 amide bonds. The first-order valence-corrected chi connectivity index (χ1v) is 6.56. The van der Waals surface area contributed by atoms with Crippen LogP contribution in [-0.2, 0) is 17.8 Å². The van der Waals surface area contributed by atoms with Crippen molar-refractivity contribution >= 4 is 16.3 Å². The summed E-state index contributed by atoms with van der Waals surface area (Å²) in [4.78, 5) is 0.839. The molecule has 17 heavy (non-hydrogen) atoms. The van der Waals surface area contributed by atoms with Crippen LogP contribution in [0.4, 0.5) is 0 Å². The Morgan fingerprint density at radius 1 is 1.29 bits per heavy atom. The molecule has 0 aliphatic carbocycles. The van der Waals surface area contributed by atoms with E-state index in [-0.39, 0.29) is 0 Å². The summed E-state index contributed by atoms with van der Waals surface area (Å²) < 4.78 is 6.81. The van der Waals surface area contributed by atoms with Gasteiger partial charge in [0.15, 0.2) is 5.82 Å². The van der Waals surface area contributed by atoms with Gasteiger partial charge < -0.3 is 10.5 Å². The number of ether oxygens (including phenoxy) is 1. The van der Waals surface area contributed by atoms with Crippen molar-refractivity contribution in [1.29, 1.82) is 0 Å². The lowest BCUT2D eigenvalue weighted by Crippen LogP contribution is -1.99. The molecule has 2 rings (SSSR count). The van der Waals surface area contributed by atoms with Crippen LogP contribution in [0.5, 0.6) is 0 Å². The molecule has 2 aromatic rings. The zero-order chi connectivity index (χ0) is 12.1. The number of fused-ring (bicyclic) bond motifs is 1. The Hall–Kier alpha value is -1.05. The number of unbranched alkanes of at least 4 members (excludes halogenated alkanes) is 2. The highest BCUT2D eigenvalue weighted by Gasteiger charge is 2.10. The van der Waals surface area contributed by atoms with Crippen LogP contribution >= 0.6 is 11.3 Å². The molecule has 2 N–H and O–H groups in total. The van der Waals surface area contributed by atoms with Crippen LogP contribution in [0.2, 0.25) is 0 Å². The predicted molar refractivity (Wildman–Crippen MR) is 66.0 cm³/mol. The SMILES string of the molecule is COCc1nnc2sc(CCCCCN)nn12. The highest BCUT2D eigenvalue weighted by molar-refractivity contribution is 7.16. The molecule has 0 aliphatic rings. The molecular weight excluding hydrogens is 238 g/mol. The summed E-state index contributed by atoms with van der Waals surface area (Å²) in [5.74, 6) is 0.756. The number of nitrogens with two attached hydrogens (primary N) is 1. The van der Waals surface area contributed by atoms with Gasteiger partial charge in [-0.3, -0.25) is 0 Å². The molecule has 7 heteroatoms. The fraction of sp³-hybridized carbons (Fsp3) is 0.700. The molecular formula is C10H17N5OS. The summed E-state index contributed by atoms with van der Waals surface area (Å²) in [5.41, 5.74) is 5.46.